The zero-order valence-corrected chi connectivity index (χ0v) is 17.0. The number of anilines is 1. The number of methoxy groups -OCH3 is 1. The molecule has 152 valence electrons. The Morgan fingerprint density at radius 2 is 1.83 bits per heavy atom. The van der Waals surface area contributed by atoms with E-state index in [0.717, 1.165) is 4.31 Å². The summed E-state index contributed by atoms with van der Waals surface area (Å²) < 4.78 is 38.9. The lowest BCUT2D eigenvalue weighted by molar-refractivity contribution is 0.0458. The fraction of sp³-hybridized carbons (Fsp3) is 0.211. The lowest BCUT2D eigenvalue weighted by Crippen LogP contribution is -2.27. The molecule has 0 radical (unpaired) electrons. The Morgan fingerprint density at radius 3 is 2.45 bits per heavy atom. The van der Waals surface area contributed by atoms with Crippen molar-refractivity contribution in [2.45, 2.75) is 11.5 Å². The maximum absolute atomic E-state index is 12.9. The van der Waals surface area contributed by atoms with E-state index in [1.807, 2.05) is 0 Å². The second kappa shape index (κ2) is 8.31. The lowest BCUT2D eigenvalue weighted by atomic mass is 10.2. The minimum Gasteiger partial charge on any atom is -0.495 e. The molecule has 0 saturated carbocycles. The number of nitrogens with zero attached hydrogens (tertiary/aromatic N) is 4. The zero-order chi connectivity index (χ0) is 21.0. The van der Waals surface area contributed by atoms with Gasteiger partial charge in [0.25, 0.3) is 10.0 Å². The molecule has 0 N–H and O–H groups in total. The Morgan fingerprint density at radius 1 is 1.14 bits per heavy atom. The molecule has 10 heteroatoms. The van der Waals surface area contributed by atoms with Crippen LogP contribution in [-0.4, -0.2) is 43.3 Å². The fourth-order valence-electron chi connectivity index (χ4n) is 2.60. The first-order valence-electron chi connectivity index (χ1n) is 8.56. The van der Waals surface area contributed by atoms with E-state index in [-0.39, 0.29) is 17.1 Å². The van der Waals surface area contributed by atoms with E-state index in [2.05, 4.69) is 10.1 Å². The van der Waals surface area contributed by atoms with Crippen LogP contribution < -0.4 is 9.04 Å². The molecule has 0 fully saturated rings. The van der Waals surface area contributed by atoms with Gasteiger partial charge in [-0.1, -0.05) is 12.1 Å². The molecule has 2 aromatic carbocycles. The summed E-state index contributed by atoms with van der Waals surface area (Å²) in [5, 5.41) is 3.89. The van der Waals surface area contributed by atoms with E-state index in [0.29, 0.717) is 17.3 Å². The lowest BCUT2D eigenvalue weighted by Gasteiger charge is -2.21. The van der Waals surface area contributed by atoms with Crippen molar-refractivity contribution in [3.05, 3.63) is 66.2 Å². The third kappa shape index (κ3) is 4.21. The van der Waals surface area contributed by atoms with Crippen LogP contribution in [0.1, 0.15) is 16.2 Å². The van der Waals surface area contributed by atoms with Crippen molar-refractivity contribution in [2.24, 2.45) is 7.05 Å². The van der Waals surface area contributed by atoms with E-state index in [4.69, 9.17) is 9.47 Å². The first-order valence-corrected chi connectivity index (χ1v) is 10.0. The summed E-state index contributed by atoms with van der Waals surface area (Å²) in [5.41, 5.74) is 0.633. The molecule has 3 aromatic rings. The summed E-state index contributed by atoms with van der Waals surface area (Å²) in [5.74, 6) is 0.341. The normalized spacial score (nSPS) is 11.1. The van der Waals surface area contributed by atoms with E-state index >= 15 is 0 Å². The van der Waals surface area contributed by atoms with Gasteiger partial charge in [0, 0.05) is 14.1 Å². The third-order valence-corrected chi connectivity index (χ3v) is 6.10. The summed E-state index contributed by atoms with van der Waals surface area (Å²) in [6.45, 7) is -0.0358. The molecule has 9 nitrogen and oxygen atoms in total. The maximum atomic E-state index is 12.9. The average molecular weight is 416 g/mol. The molecule has 0 amide bonds. The molecule has 0 aliphatic heterocycles. The number of hydrogen-bond donors (Lipinski definition) is 0. The van der Waals surface area contributed by atoms with E-state index in [1.54, 1.807) is 31.3 Å². The van der Waals surface area contributed by atoms with Crippen LogP contribution in [0, 0.1) is 0 Å². The van der Waals surface area contributed by atoms with Crippen LogP contribution in [0.25, 0.3) is 0 Å². The molecule has 0 aliphatic carbocycles. The average Bonchev–Trinajstić information content (AvgIpc) is 3.16. The number of esters is 1. The number of carbonyl (C=O) groups is 1. The largest absolute Gasteiger partial charge is 0.495 e. The van der Waals surface area contributed by atoms with Crippen LogP contribution in [0.15, 0.2) is 59.8 Å². The highest BCUT2D eigenvalue weighted by Crippen LogP contribution is 2.30. The number of sulfonamides is 1. The molecule has 0 bridgehead atoms. The highest BCUT2D eigenvalue weighted by atomic mass is 32.2. The smallest absolute Gasteiger partial charge is 0.338 e. The number of aryl methyl sites for hydroxylation is 1. The van der Waals surface area contributed by atoms with E-state index < -0.39 is 16.0 Å². The highest BCUT2D eigenvalue weighted by molar-refractivity contribution is 7.92. The van der Waals surface area contributed by atoms with Crippen molar-refractivity contribution in [3.63, 3.8) is 0 Å². The molecule has 0 unspecified atom stereocenters. The second-order valence-electron chi connectivity index (χ2n) is 6.04. The molecule has 1 aromatic heterocycles. The van der Waals surface area contributed by atoms with Crippen molar-refractivity contribution < 1.29 is 22.7 Å². The molecule has 0 atom stereocenters. The van der Waals surface area contributed by atoms with E-state index in [9.17, 15) is 13.2 Å². The standard InChI is InChI=1S/C19H20N4O5S/c1-22-18(20-13-21-22)12-28-19(24)14-8-10-15(11-9-14)29(25,26)23(2)16-6-4-5-7-17(16)27-3/h4-11,13H,12H2,1-3H3. The highest BCUT2D eigenvalue weighted by Gasteiger charge is 2.24. The van der Waals surface area contributed by atoms with E-state index in [1.165, 1.54) is 49.4 Å². The van der Waals surface area contributed by atoms with Crippen molar-refractivity contribution >= 4 is 21.7 Å². The van der Waals surface area contributed by atoms with Crippen LogP contribution in [0.5, 0.6) is 5.75 Å². The van der Waals surface area contributed by atoms with Gasteiger partial charge in [-0.25, -0.2) is 18.2 Å². The first-order chi connectivity index (χ1) is 13.8. The monoisotopic (exact) mass is 416 g/mol. The minimum atomic E-state index is -3.84. The number of rotatable bonds is 7. The summed E-state index contributed by atoms with van der Waals surface area (Å²) in [6.07, 6.45) is 1.36. The Labute approximate surface area is 168 Å². The van der Waals surface area contributed by atoms with Gasteiger partial charge < -0.3 is 9.47 Å². The van der Waals surface area contributed by atoms with Crippen molar-refractivity contribution in [1.82, 2.24) is 14.8 Å². The van der Waals surface area contributed by atoms with Gasteiger partial charge in [0.2, 0.25) is 0 Å². The van der Waals surface area contributed by atoms with Gasteiger partial charge in [-0.3, -0.25) is 8.99 Å². The van der Waals surface area contributed by atoms with Crippen molar-refractivity contribution in [3.8, 4) is 5.75 Å². The number of benzene rings is 2. The van der Waals surface area contributed by atoms with Gasteiger partial charge in [0.1, 0.15) is 12.1 Å². The maximum Gasteiger partial charge on any atom is 0.338 e. The summed E-state index contributed by atoms with van der Waals surface area (Å²) in [6, 6.07) is 12.3. The minimum absolute atomic E-state index is 0.0358. The Hall–Kier alpha value is -3.40. The summed E-state index contributed by atoms with van der Waals surface area (Å²) in [4.78, 5) is 16.2. The zero-order valence-electron chi connectivity index (χ0n) is 16.1. The molecule has 0 saturated heterocycles. The molecule has 0 spiro atoms. The number of hydrogen-bond acceptors (Lipinski definition) is 7. The topological polar surface area (TPSA) is 104 Å². The van der Waals surface area contributed by atoms with Gasteiger partial charge in [-0.15, -0.1) is 0 Å². The molecular formula is C19H20N4O5S. The van der Waals surface area contributed by atoms with Gasteiger partial charge in [-0.05, 0) is 36.4 Å². The van der Waals surface area contributed by atoms with Gasteiger partial charge in [0.05, 0.1) is 23.3 Å². The van der Waals surface area contributed by atoms with Crippen LogP contribution in [0.2, 0.25) is 0 Å². The molecular weight excluding hydrogens is 396 g/mol. The number of aromatic nitrogens is 3. The second-order valence-corrected chi connectivity index (χ2v) is 8.01. The third-order valence-electron chi connectivity index (χ3n) is 4.31. The SMILES string of the molecule is COc1ccccc1N(C)S(=O)(=O)c1ccc(C(=O)OCc2ncnn2C)cc1. The Bertz CT molecular complexity index is 1110. The first kappa shape index (κ1) is 20.3. The van der Waals surface area contributed by atoms with Gasteiger partial charge in [0.15, 0.2) is 12.4 Å². The van der Waals surface area contributed by atoms with Crippen LogP contribution in [0.4, 0.5) is 5.69 Å². The van der Waals surface area contributed by atoms with Crippen LogP contribution in [-0.2, 0) is 28.4 Å². The van der Waals surface area contributed by atoms with Crippen molar-refractivity contribution in [1.29, 1.82) is 0 Å². The Balaban J connectivity index is 1.76. The van der Waals surface area contributed by atoms with Gasteiger partial charge in [-0.2, -0.15) is 5.10 Å². The predicted octanol–water partition coefficient (Wildman–Crippen LogP) is 2.01. The summed E-state index contributed by atoms with van der Waals surface area (Å²) >= 11 is 0. The number of para-hydroxylation sites is 2. The molecule has 1 heterocycles. The number of ether oxygens (including phenoxy) is 2. The Kier molecular flexibility index (Phi) is 5.83. The van der Waals surface area contributed by atoms with Crippen LogP contribution >= 0.6 is 0 Å². The predicted molar refractivity (Wildman–Crippen MR) is 105 cm³/mol. The molecule has 3 rings (SSSR count). The molecule has 29 heavy (non-hydrogen) atoms. The molecule has 0 aliphatic rings. The summed E-state index contributed by atoms with van der Waals surface area (Å²) in [7, 11) is 0.761. The number of carbonyl (C=O) groups excluding carboxylic acids is 1. The van der Waals surface area contributed by atoms with Gasteiger partial charge >= 0.3 is 5.97 Å². The van der Waals surface area contributed by atoms with Crippen molar-refractivity contribution in [2.75, 3.05) is 18.5 Å². The van der Waals surface area contributed by atoms with Crippen LogP contribution in [0.3, 0.4) is 0 Å². The fourth-order valence-corrected chi connectivity index (χ4v) is 3.81. The quantitative estimate of drug-likeness (QED) is 0.543.